The third-order valence-corrected chi connectivity index (χ3v) is 3.53. The molecule has 1 saturated carbocycles. The first-order chi connectivity index (χ1) is 9.49. The van der Waals surface area contributed by atoms with Crippen LogP contribution >= 0.6 is 0 Å². The van der Waals surface area contributed by atoms with E-state index < -0.39 is 5.97 Å². The molecule has 0 atom stereocenters. The van der Waals surface area contributed by atoms with E-state index in [0.29, 0.717) is 38.4 Å². The van der Waals surface area contributed by atoms with Crippen molar-refractivity contribution in [2.75, 3.05) is 19.6 Å². The van der Waals surface area contributed by atoms with Crippen LogP contribution < -0.4 is 16.0 Å². The van der Waals surface area contributed by atoms with Crippen LogP contribution in [0.2, 0.25) is 0 Å². The molecule has 0 heterocycles. The molecule has 7 heteroatoms. The average Bonchev–Trinajstić information content (AvgIpc) is 2.41. The summed E-state index contributed by atoms with van der Waals surface area (Å²) < 4.78 is 0. The molecule has 7 nitrogen and oxygen atoms in total. The summed E-state index contributed by atoms with van der Waals surface area (Å²) in [5.74, 6) is -0.709. The second-order valence-corrected chi connectivity index (χ2v) is 5.18. The van der Waals surface area contributed by atoms with Crippen LogP contribution in [0.5, 0.6) is 0 Å². The number of hydrogen-bond donors (Lipinski definition) is 4. The fourth-order valence-corrected chi connectivity index (χ4v) is 2.33. The van der Waals surface area contributed by atoms with Gasteiger partial charge in [0, 0.05) is 26.6 Å². The Morgan fingerprint density at radius 2 is 1.60 bits per heavy atom. The van der Waals surface area contributed by atoms with Gasteiger partial charge in [0.2, 0.25) is 5.91 Å². The molecule has 1 aliphatic carbocycles. The highest BCUT2D eigenvalue weighted by molar-refractivity contribution is 5.74. The molecule has 0 unspecified atom stereocenters. The number of carboxylic acid groups (broad SMARTS) is 1. The zero-order valence-electron chi connectivity index (χ0n) is 11.8. The lowest BCUT2D eigenvalue weighted by Gasteiger charge is -2.26. The lowest BCUT2D eigenvalue weighted by Crippen LogP contribution is -2.42. The summed E-state index contributed by atoms with van der Waals surface area (Å²) in [4.78, 5) is 32.9. The van der Waals surface area contributed by atoms with E-state index in [4.69, 9.17) is 5.11 Å². The molecule has 1 aliphatic rings. The monoisotopic (exact) mass is 285 g/mol. The third kappa shape index (κ3) is 6.40. The van der Waals surface area contributed by atoms with Crippen molar-refractivity contribution in [3.8, 4) is 0 Å². The highest BCUT2D eigenvalue weighted by Crippen LogP contribution is 2.28. The van der Waals surface area contributed by atoms with E-state index >= 15 is 0 Å². The van der Waals surface area contributed by atoms with Crippen LogP contribution in [0, 0.1) is 11.8 Å². The minimum absolute atomic E-state index is 0.123. The van der Waals surface area contributed by atoms with E-state index in [1.54, 1.807) is 0 Å². The zero-order chi connectivity index (χ0) is 15.0. The predicted octanol–water partition coefficient (Wildman–Crippen LogP) is 0.313. The molecule has 1 fully saturated rings. The predicted molar refractivity (Wildman–Crippen MR) is 73.2 cm³/mol. The van der Waals surface area contributed by atoms with Crippen molar-refractivity contribution in [3.63, 3.8) is 0 Å². The van der Waals surface area contributed by atoms with E-state index in [0.717, 1.165) is 12.8 Å². The molecule has 0 radical (unpaired) electrons. The molecule has 0 aromatic rings. The van der Waals surface area contributed by atoms with Gasteiger partial charge in [-0.05, 0) is 31.6 Å². The molecule has 4 N–H and O–H groups in total. The van der Waals surface area contributed by atoms with Gasteiger partial charge in [-0.1, -0.05) is 0 Å². The summed E-state index contributed by atoms with van der Waals surface area (Å²) in [5, 5.41) is 16.9. The third-order valence-electron chi connectivity index (χ3n) is 3.53. The van der Waals surface area contributed by atoms with Crippen LogP contribution in [-0.4, -0.2) is 42.6 Å². The van der Waals surface area contributed by atoms with Gasteiger partial charge in [0.1, 0.15) is 0 Å². The van der Waals surface area contributed by atoms with E-state index in [-0.39, 0.29) is 17.9 Å². The van der Waals surface area contributed by atoms with Gasteiger partial charge in [-0.25, -0.2) is 4.79 Å². The van der Waals surface area contributed by atoms with Gasteiger partial charge in [-0.3, -0.25) is 9.59 Å². The summed E-state index contributed by atoms with van der Waals surface area (Å²) in [6.07, 6.45) is 3.05. The number of urea groups is 1. The summed E-state index contributed by atoms with van der Waals surface area (Å²) in [6, 6.07) is -0.254. The van der Waals surface area contributed by atoms with Crippen LogP contribution in [0.15, 0.2) is 0 Å². The van der Waals surface area contributed by atoms with Crippen LogP contribution in [0.25, 0.3) is 0 Å². The smallest absolute Gasteiger partial charge is 0.314 e. The molecule has 20 heavy (non-hydrogen) atoms. The molecule has 0 aromatic heterocycles. The van der Waals surface area contributed by atoms with Gasteiger partial charge in [-0.15, -0.1) is 0 Å². The Kier molecular flexibility index (Phi) is 6.83. The van der Waals surface area contributed by atoms with Crippen molar-refractivity contribution in [1.29, 1.82) is 0 Å². The normalized spacial score (nSPS) is 21.9. The minimum Gasteiger partial charge on any atom is -0.481 e. The van der Waals surface area contributed by atoms with Crippen LogP contribution in [-0.2, 0) is 9.59 Å². The fraction of sp³-hybridized carbons (Fsp3) is 0.769. The van der Waals surface area contributed by atoms with E-state index in [1.165, 1.54) is 6.92 Å². The van der Waals surface area contributed by atoms with E-state index in [9.17, 15) is 14.4 Å². The van der Waals surface area contributed by atoms with E-state index in [1.807, 2.05) is 0 Å². The maximum atomic E-state index is 11.5. The van der Waals surface area contributed by atoms with Crippen molar-refractivity contribution in [2.45, 2.75) is 32.6 Å². The zero-order valence-corrected chi connectivity index (χ0v) is 11.8. The maximum Gasteiger partial charge on any atom is 0.314 e. The number of carbonyl (C=O) groups excluding carboxylic acids is 2. The highest BCUT2D eigenvalue weighted by atomic mass is 16.4. The van der Waals surface area contributed by atoms with Gasteiger partial charge in [0.25, 0.3) is 0 Å². The number of hydrogen-bond acceptors (Lipinski definition) is 3. The second kappa shape index (κ2) is 8.39. The largest absolute Gasteiger partial charge is 0.481 e. The molecule has 0 spiro atoms. The summed E-state index contributed by atoms with van der Waals surface area (Å²) in [6.45, 7) is 2.79. The first-order valence-electron chi connectivity index (χ1n) is 6.98. The van der Waals surface area contributed by atoms with Crippen molar-refractivity contribution in [1.82, 2.24) is 16.0 Å². The standard InChI is InChI=1S/C13H23N3O4/c1-9(17)14-6-7-15-13(20)16-8-10-2-4-11(5-3-10)12(18)19/h10-11H,2-8H2,1H3,(H,14,17)(H,18,19)(H2,15,16,20). The summed E-state index contributed by atoms with van der Waals surface area (Å²) in [7, 11) is 0. The first kappa shape index (κ1) is 16.3. The number of amides is 3. The Balaban J connectivity index is 2.07. The topological polar surface area (TPSA) is 108 Å². The Labute approximate surface area is 118 Å². The van der Waals surface area contributed by atoms with Gasteiger partial charge in [0.05, 0.1) is 5.92 Å². The van der Waals surface area contributed by atoms with Crippen LogP contribution in [0.4, 0.5) is 4.79 Å². The number of nitrogens with one attached hydrogen (secondary N) is 3. The highest BCUT2D eigenvalue weighted by Gasteiger charge is 2.25. The Bertz CT molecular complexity index is 352. The molecular weight excluding hydrogens is 262 g/mol. The molecule has 0 aliphatic heterocycles. The summed E-state index contributed by atoms with van der Waals surface area (Å²) in [5.41, 5.74) is 0. The molecule has 114 valence electrons. The van der Waals surface area contributed by atoms with Crippen LogP contribution in [0.3, 0.4) is 0 Å². The van der Waals surface area contributed by atoms with E-state index in [2.05, 4.69) is 16.0 Å². The molecule has 0 bridgehead atoms. The summed E-state index contributed by atoms with van der Waals surface area (Å²) >= 11 is 0. The number of carbonyl (C=O) groups is 3. The maximum absolute atomic E-state index is 11.5. The number of carboxylic acids is 1. The molecule has 1 rings (SSSR count). The second-order valence-electron chi connectivity index (χ2n) is 5.18. The first-order valence-corrected chi connectivity index (χ1v) is 6.98. The van der Waals surface area contributed by atoms with Gasteiger partial charge in [-0.2, -0.15) is 0 Å². The molecule has 0 aromatic carbocycles. The fourth-order valence-electron chi connectivity index (χ4n) is 2.33. The molecule has 0 saturated heterocycles. The van der Waals surface area contributed by atoms with Crippen molar-refractivity contribution >= 4 is 17.9 Å². The quantitative estimate of drug-likeness (QED) is 0.527. The molecular formula is C13H23N3O4. The Morgan fingerprint density at radius 1 is 1.00 bits per heavy atom. The minimum atomic E-state index is -0.716. The van der Waals surface area contributed by atoms with Crippen LogP contribution in [0.1, 0.15) is 32.6 Å². The van der Waals surface area contributed by atoms with Gasteiger partial charge < -0.3 is 21.1 Å². The average molecular weight is 285 g/mol. The van der Waals surface area contributed by atoms with Gasteiger partial charge >= 0.3 is 12.0 Å². The van der Waals surface area contributed by atoms with Gasteiger partial charge in [0.15, 0.2) is 0 Å². The van der Waals surface area contributed by atoms with Crippen molar-refractivity contribution in [2.24, 2.45) is 11.8 Å². The Hall–Kier alpha value is -1.79. The van der Waals surface area contributed by atoms with Crippen molar-refractivity contribution < 1.29 is 19.5 Å². The lowest BCUT2D eigenvalue weighted by molar-refractivity contribution is -0.143. The number of rotatable bonds is 6. The SMILES string of the molecule is CC(=O)NCCNC(=O)NCC1CCC(C(=O)O)CC1. The van der Waals surface area contributed by atoms with Crippen molar-refractivity contribution in [3.05, 3.63) is 0 Å². The number of aliphatic carboxylic acids is 1. The molecule has 3 amide bonds. The lowest BCUT2D eigenvalue weighted by atomic mass is 9.82. The Morgan fingerprint density at radius 3 is 2.15 bits per heavy atom.